The molecule has 0 fully saturated rings. The molecule has 6 nitrogen and oxygen atoms in total. The van der Waals surface area contributed by atoms with Crippen LogP contribution in [0.25, 0.3) is 22.4 Å². The highest BCUT2D eigenvalue weighted by atomic mass is 16.2. The first-order valence-electron chi connectivity index (χ1n) is 8.92. The van der Waals surface area contributed by atoms with Crippen molar-refractivity contribution in [3.63, 3.8) is 0 Å². The van der Waals surface area contributed by atoms with Crippen molar-refractivity contribution in [3.05, 3.63) is 90.9 Å². The fraction of sp³-hybridized carbons (Fsp3) is 0.0455. The van der Waals surface area contributed by atoms with Gasteiger partial charge in [0.25, 0.3) is 0 Å². The van der Waals surface area contributed by atoms with Crippen LogP contribution in [0, 0.1) is 0 Å². The van der Waals surface area contributed by atoms with Crippen molar-refractivity contribution in [2.45, 2.75) is 6.54 Å². The van der Waals surface area contributed by atoms with Crippen LogP contribution in [0.4, 0.5) is 10.5 Å². The summed E-state index contributed by atoms with van der Waals surface area (Å²) in [6.07, 6.45) is 5.33. The van der Waals surface area contributed by atoms with Gasteiger partial charge in [0, 0.05) is 35.8 Å². The molecule has 4 rings (SSSR count). The molecule has 2 heterocycles. The van der Waals surface area contributed by atoms with E-state index in [1.165, 1.54) is 0 Å². The van der Waals surface area contributed by atoms with Crippen LogP contribution in [0.3, 0.4) is 0 Å². The second-order valence-electron chi connectivity index (χ2n) is 6.27. The first-order valence-corrected chi connectivity index (χ1v) is 8.92. The molecule has 0 radical (unpaired) electrons. The third kappa shape index (κ3) is 4.07. The van der Waals surface area contributed by atoms with Gasteiger partial charge in [0.15, 0.2) is 0 Å². The van der Waals surface area contributed by atoms with Crippen molar-refractivity contribution in [2.75, 3.05) is 5.32 Å². The number of aromatic nitrogens is 3. The number of hydrogen-bond donors (Lipinski definition) is 3. The molecule has 2 amide bonds. The average molecular weight is 369 g/mol. The smallest absolute Gasteiger partial charge is 0.319 e. The molecule has 6 heteroatoms. The summed E-state index contributed by atoms with van der Waals surface area (Å²) in [6.45, 7) is 0.422. The number of rotatable bonds is 5. The van der Waals surface area contributed by atoms with E-state index < -0.39 is 0 Å². The molecule has 2 aromatic carbocycles. The molecular weight excluding hydrogens is 350 g/mol. The molecule has 138 valence electrons. The number of para-hydroxylation sites is 1. The normalized spacial score (nSPS) is 10.4. The standard InChI is InChI=1S/C22H19N5O/c28-22(26-19-7-2-1-3-8-19)24-14-16-5-4-6-18(13-16)21-20(15-25-27-21)17-9-11-23-12-10-17/h1-13,15H,14H2,(H,25,27)(H2,24,26,28). The minimum atomic E-state index is -0.240. The van der Waals surface area contributed by atoms with Crippen LogP contribution in [-0.4, -0.2) is 21.2 Å². The summed E-state index contributed by atoms with van der Waals surface area (Å²) < 4.78 is 0. The van der Waals surface area contributed by atoms with Crippen LogP contribution in [0.2, 0.25) is 0 Å². The van der Waals surface area contributed by atoms with Gasteiger partial charge in [-0.25, -0.2) is 4.79 Å². The molecular formula is C22H19N5O. The zero-order valence-electron chi connectivity index (χ0n) is 15.1. The number of anilines is 1. The highest BCUT2D eigenvalue weighted by Gasteiger charge is 2.10. The van der Waals surface area contributed by atoms with E-state index in [-0.39, 0.29) is 6.03 Å². The lowest BCUT2D eigenvalue weighted by Crippen LogP contribution is -2.28. The zero-order valence-corrected chi connectivity index (χ0v) is 15.1. The van der Waals surface area contributed by atoms with Crippen LogP contribution in [0.15, 0.2) is 85.3 Å². The number of hydrogen-bond acceptors (Lipinski definition) is 3. The first kappa shape index (κ1) is 17.5. The second-order valence-corrected chi connectivity index (χ2v) is 6.27. The summed E-state index contributed by atoms with van der Waals surface area (Å²) in [4.78, 5) is 16.2. The lowest BCUT2D eigenvalue weighted by molar-refractivity contribution is 0.251. The van der Waals surface area contributed by atoms with E-state index in [9.17, 15) is 4.79 Å². The number of benzene rings is 2. The number of H-pyrrole nitrogens is 1. The number of carbonyl (C=O) groups is 1. The van der Waals surface area contributed by atoms with Crippen molar-refractivity contribution in [1.29, 1.82) is 0 Å². The quantitative estimate of drug-likeness (QED) is 0.486. The predicted molar refractivity (Wildman–Crippen MR) is 110 cm³/mol. The SMILES string of the molecule is O=C(NCc1cccc(-c2[nH]ncc2-c2ccncc2)c1)Nc1ccccc1. The maximum atomic E-state index is 12.1. The molecule has 0 saturated heterocycles. The molecule has 0 aliphatic rings. The maximum Gasteiger partial charge on any atom is 0.319 e. The molecule has 2 aromatic heterocycles. The van der Waals surface area contributed by atoms with Crippen LogP contribution < -0.4 is 10.6 Å². The van der Waals surface area contributed by atoms with Gasteiger partial charge in [-0.15, -0.1) is 0 Å². The number of amides is 2. The van der Waals surface area contributed by atoms with Gasteiger partial charge < -0.3 is 10.6 Å². The Bertz CT molecular complexity index is 1060. The average Bonchev–Trinajstić information content (AvgIpc) is 3.24. The minimum absolute atomic E-state index is 0.240. The molecule has 3 N–H and O–H groups in total. The fourth-order valence-electron chi connectivity index (χ4n) is 2.97. The van der Waals surface area contributed by atoms with E-state index in [0.29, 0.717) is 6.54 Å². The Kier molecular flexibility index (Phi) is 5.11. The van der Waals surface area contributed by atoms with Crippen LogP contribution in [-0.2, 0) is 6.54 Å². The number of aromatic amines is 1. The van der Waals surface area contributed by atoms with Gasteiger partial charge in [-0.2, -0.15) is 5.10 Å². The van der Waals surface area contributed by atoms with Crippen molar-refractivity contribution in [1.82, 2.24) is 20.5 Å². The number of carbonyl (C=O) groups excluding carboxylic acids is 1. The summed E-state index contributed by atoms with van der Waals surface area (Å²) in [5, 5.41) is 13.0. The van der Waals surface area contributed by atoms with Gasteiger partial charge >= 0.3 is 6.03 Å². The van der Waals surface area contributed by atoms with E-state index in [2.05, 4.69) is 25.8 Å². The molecule has 0 atom stereocenters. The van der Waals surface area contributed by atoms with Gasteiger partial charge in [-0.05, 0) is 41.5 Å². The molecule has 28 heavy (non-hydrogen) atoms. The lowest BCUT2D eigenvalue weighted by atomic mass is 10.0. The van der Waals surface area contributed by atoms with Crippen molar-refractivity contribution in [3.8, 4) is 22.4 Å². The number of nitrogens with one attached hydrogen (secondary N) is 3. The van der Waals surface area contributed by atoms with E-state index >= 15 is 0 Å². The van der Waals surface area contributed by atoms with E-state index in [1.807, 2.05) is 72.9 Å². The highest BCUT2D eigenvalue weighted by molar-refractivity contribution is 5.89. The third-order valence-electron chi connectivity index (χ3n) is 4.33. The molecule has 0 saturated carbocycles. The maximum absolute atomic E-state index is 12.1. The monoisotopic (exact) mass is 369 g/mol. The van der Waals surface area contributed by atoms with Crippen molar-refractivity contribution >= 4 is 11.7 Å². The Morgan fingerprint density at radius 1 is 0.929 bits per heavy atom. The Morgan fingerprint density at radius 3 is 2.57 bits per heavy atom. The zero-order chi connectivity index (χ0) is 19.2. The Balaban J connectivity index is 1.47. The van der Waals surface area contributed by atoms with E-state index in [1.54, 1.807) is 12.4 Å². The summed E-state index contributed by atoms with van der Waals surface area (Å²) in [5.74, 6) is 0. The number of nitrogens with zero attached hydrogens (tertiary/aromatic N) is 2. The van der Waals surface area contributed by atoms with Gasteiger partial charge in [-0.1, -0.05) is 36.4 Å². The largest absolute Gasteiger partial charge is 0.334 e. The van der Waals surface area contributed by atoms with Gasteiger partial charge in [0.05, 0.1) is 11.9 Å². The summed E-state index contributed by atoms with van der Waals surface area (Å²) in [6, 6.07) is 21.0. The minimum Gasteiger partial charge on any atom is -0.334 e. The van der Waals surface area contributed by atoms with Crippen molar-refractivity contribution < 1.29 is 4.79 Å². The summed E-state index contributed by atoms with van der Waals surface area (Å²) in [5.41, 5.74) is 5.75. The van der Waals surface area contributed by atoms with Crippen LogP contribution in [0.1, 0.15) is 5.56 Å². The third-order valence-corrected chi connectivity index (χ3v) is 4.33. The topological polar surface area (TPSA) is 82.7 Å². The van der Waals surface area contributed by atoms with Crippen LogP contribution in [0.5, 0.6) is 0 Å². The van der Waals surface area contributed by atoms with Crippen LogP contribution >= 0.6 is 0 Å². The summed E-state index contributed by atoms with van der Waals surface area (Å²) in [7, 11) is 0. The second kappa shape index (κ2) is 8.18. The molecule has 0 bridgehead atoms. The fourth-order valence-corrected chi connectivity index (χ4v) is 2.97. The van der Waals surface area contributed by atoms with E-state index in [0.717, 1.165) is 33.6 Å². The van der Waals surface area contributed by atoms with E-state index in [4.69, 9.17) is 0 Å². The number of pyridine rings is 1. The molecule has 0 aliphatic heterocycles. The van der Waals surface area contributed by atoms with Gasteiger partial charge in [0.1, 0.15) is 0 Å². The molecule has 4 aromatic rings. The Morgan fingerprint density at radius 2 is 1.75 bits per heavy atom. The number of urea groups is 1. The Labute approximate surface area is 162 Å². The molecule has 0 aliphatic carbocycles. The first-order chi connectivity index (χ1) is 13.8. The van der Waals surface area contributed by atoms with Gasteiger partial charge in [0.2, 0.25) is 0 Å². The molecule has 0 unspecified atom stereocenters. The Hall–Kier alpha value is -3.93. The highest BCUT2D eigenvalue weighted by Crippen LogP contribution is 2.30. The molecule has 0 spiro atoms. The summed E-state index contributed by atoms with van der Waals surface area (Å²) >= 11 is 0. The predicted octanol–water partition coefficient (Wildman–Crippen LogP) is 4.46. The lowest BCUT2D eigenvalue weighted by Gasteiger charge is -2.09. The van der Waals surface area contributed by atoms with Gasteiger partial charge in [-0.3, -0.25) is 10.1 Å². The van der Waals surface area contributed by atoms with Crippen molar-refractivity contribution in [2.24, 2.45) is 0 Å².